The second-order valence-electron chi connectivity index (χ2n) is 9.48. The van der Waals surface area contributed by atoms with Gasteiger partial charge in [-0.05, 0) is 54.0 Å². The van der Waals surface area contributed by atoms with Gasteiger partial charge in [-0.2, -0.15) is 0 Å². The highest BCUT2D eigenvalue weighted by Gasteiger charge is 2.37. The molecule has 5 rings (SSSR count). The fraction of sp³-hybridized carbons (Fsp3) is 0.250. The van der Waals surface area contributed by atoms with Crippen molar-refractivity contribution in [3.63, 3.8) is 0 Å². The number of rotatable bonds is 8. The molecule has 0 N–H and O–H groups in total. The van der Waals surface area contributed by atoms with Gasteiger partial charge >= 0.3 is 11.9 Å². The Kier molecular flexibility index (Phi) is 8.16. The van der Waals surface area contributed by atoms with Crippen LogP contribution in [0.4, 0.5) is 0 Å². The minimum atomic E-state index is -0.804. The van der Waals surface area contributed by atoms with Gasteiger partial charge in [0.05, 0.1) is 29.5 Å². The molecule has 8 nitrogen and oxygen atoms in total. The van der Waals surface area contributed by atoms with Crippen molar-refractivity contribution in [2.75, 3.05) is 13.7 Å². The van der Waals surface area contributed by atoms with Crippen LogP contribution in [-0.2, 0) is 14.3 Å². The number of allylic oxidation sites excluding steroid dienone is 1. The smallest absolute Gasteiger partial charge is 0.338 e. The molecule has 1 aromatic heterocycles. The van der Waals surface area contributed by atoms with Gasteiger partial charge in [0.1, 0.15) is 17.5 Å². The van der Waals surface area contributed by atoms with Gasteiger partial charge in [0.2, 0.25) is 0 Å². The highest BCUT2D eigenvalue weighted by atomic mass is 32.1. The van der Waals surface area contributed by atoms with Crippen LogP contribution < -0.4 is 24.4 Å². The Bertz CT molecular complexity index is 1850. The molecule has 0 saturated carbocycles. The molecule has 41 heavy (non-hydrogen) atoms. The SMILES string of the molecule is CCCC1=C(C(=O)OCC)[C@H](c2c(OC)ccc3ccccc23)n2c(sc(=Cc3ccc(OC(C)=O)cc3)c2=O)=N1. The zero-order valence-electron chi connectivity index (χ0n) is 23.3. The molecule has 0 aliphatic carbocycles. The van der Waals surface area contributed by atoms with E-state index in [2.05, 4.69) is 0 Å². The number of thiazole rings is 1. The third-order valence-electron chi connectivity index (χ3n) is 6.76. The van der Waals surface area contributed by atoms with Crippen molar-refractivity contribution < 1.29 is 23.8 Å². The van der Waals surface area contributed by atoms with E-state index in [4.69, 9.17) is 19.2 Å². The van der Waals surface area contributed by atoms with E-state index in [9.17, 15) is 14.4 Å². The first-order chi connectivity index (χ1) is 19.9. The molecule has 0 unspecified atom stereocenters. The third kappa shape index (κ3) is 5.45. The maximum atomic E-state index is 14.1. The van der Waals surface area contributed by atoms with Crippen molar-refractivity contribution in [3.05, 3.63) is 103 Å². The Labute approximate surface area is 240 Å². The molecular formula is C32H30N2O6S. The lowest BCUT2D eigenvalue weighted by molar-refractivity contribution is -0.139. The first kappa shape index (κ1) is 28.0. The number of fused-ring (bicyclic) bond motifs is 2. The summed E-state index contributed by atoms with van der Waals surface area (Å²) in [6.45, 7) is 5.31. The summed E-state index contributed by atoms with van der Waals surface area (Å²) in [6.07, 6.45) is 3.07. The largest absolute Gasteiger partial charge is 0.496 e. The van der Waals surface area contributed by atoms with Gasteiger partial charge < -0.3 is 14.2 Å². The number of methoxy groups -OCH3 is 1. The van der Waals surface area contributed by atoms with Gasteiger partial charge in [0.25, 0.3) is 5.56 Å². The van der Waals surface area contributed by atoms with Gasteiger partial charge in [0, 0.05) is 12.5 Å². The zero-order chi connectivity index (χ0) is 29.1. The maximum absolute atomic E-state index is 14.1. The van der Waals surface area contributed by atoms with E-state index in [0.717, 1.165) is 22.8 Å². The quantitative estimate of drug-likeness (QED) is 0.226. The molecular weight excluding hydrogens is 540 g/mol. The van der Waals surface area contributed by atoms with Crippen LogP contribution in [-0.4, -0.2) is 30.2 Å². The summed E-state index contributed by atoms with van der Waals surface area (Å²) in [5, 5.41) is 1.82. The van der Waals surface area contributed by atoms with E-state index in [1.54, 1.807) is 48.9 Å². The van der Waals surface area contributed by atoms with Gasteiger partial charge in [-0.3, -0.25) is 14.2 Å². The molecule has 0 amide bonds. The number of hydrogen-bond donors (Lipinski definition) is 0. The molecule has 2 heterocycles. The fourth-order valence-electron chi connectivity index (χ4n) is 5.08. The highest BCUT2D eigenvalue weighted by Crippen LogP contribution is 2.41. The summed E-state index contributed by atoms with van der Waals surface area (Å²) in [5.74, 6) is 0.0663. The van der Waals surface area contributed by atoms with E-state index in [1.165, 1.54) is 18.3 Å². The number of carbonyl (C=O) groups excluding carboxylic acids is 2. The minimum absolute atomic E-state index is 0.189. The predicted molar refractivity (Wildman–Crippen MR) is 158 cm³/mol. The van der Waals surface area contributed by atoms with E-state index in [-0.39, 0.29) is 12.2 Å². The first-order valence-electron chi connectivity index (χ1n) is 13.4. The Morgan fingerprint density at radius 1 is 1.05 bits per heavy atom. The lowest BCUT2D eigenvalue weighted by Gasteiger charge is -2.28. The standard InChI is InChI=1S/C32H30N2O6S/c1-5-9-24-28(31(37)39-6-2)29(27-23-11-8-7-10-21(23)14-17-25(27)38-4)34-30(36)26(41-32(34)33-24)18-20-12-15-22(16-13-20)40-19(3)35/h7-8,10-18,29H,5-6,9H2,1-4H3/t29-/m0/s1. The van der Waals surface area contributed by atoms with Crippen molar-refractivity contribution >= 4 is 40.1 Å². The molecule has 3 aromatic carbocycles. The maximum Gasteiger partial charge on any atom is 0.338 e. The molecule has 0 fully saturated rings. The summed E-state index contributed by atoms with van der Waals surface area (Å²) in [5.41, 5.74) is 2.12. The fourth-order valence-corrected chi connectivity index (χ4v) is 6.10. The number of hydrogen-bond acceptors (Lipinski definition) is 8. The van der Waals surface area contributed by atoms with Crippen LogP contribution in [0.2, 0.25) is 0 Å². The van der Waals surface area contributed by atoms with Gasteiger partial charge in [0.15, 0.2) is 4.80 Å². The van der Waals surface area contributed by atoms with Crippen LogP contribution in [0.15, 0.2) is 81.7 Å². The average Bonchev–Trinajstić information content (AvgIpc) is 3.27. The Hall–Kier alpha value is -4.50. The van der Waals surface area contributed by atoms with Crippen LogP contribution in [0.1, 0.15) is 50.8 Å². The zero-order valence-corrected chi connectivity index (χ0v) is 24.1. The summed E-state index contributed by atoms with van der Waals surface area (Å²) in [4.78, 5) is 44.3. The molecule has 9 heteroatoms. The topological polar surface area (TPSA) is 96.2 Å². The van der Waals surface area contributed by atoms with Crippen LogP contribution in [0.25, 0.3) is 16.8 Å². The first-order valence-corrected chi connectivity index (χ1v) is 14.2. The Morgan fingerprint density at radius 3 is 2.49 bits per heavy atom. The number of ether oxygens (including phenoxy) is 3. The molecule has 4 aromatic rings. The van der Waals surface area contributed by atoms with Gasteiger partial charge in [-0.1, -0.05) is 67.1 Å². The second kappa shape index (κ2) is 11.9. The molecule has 210 valence electrons. The van der Waals surface area contributed by atoms with E-state index >= 15 is 0 Å². The van der Waals surface area contributed by atoms with Crippen molar-refractivity contribution in [1.82, 2.24) is 4.57 Å². The van der Waals surface area contributed by atoms with E-state index in [0.29, 0.717) is 44.1 Å². The summed E-state index contributed by atoms with van der Waals surface area (Å²) < 4.78 is 18.5. The van der Waals surface area contributed by atoms with Crippen molar-refractivity contribution in [3.8, 4) is 11.5 Å². The van der Waals surface area contributed by atoms with Crippen molar-refractivity contribution in [2.45, 2.75) is 39.7 Å². The number of esters is 2. The Balaban J connectivity index is 1.80. The van der Waals surface area contributed by atoms with Gasteiger partial charge in [-0.15, -0.1) is 0 Å². The summed E-state index contributed by atoms with van der Waals surface area (Å²) >= 11 is 1.26. The molecule has 1 atom stereocenters. The number of nitrogens with zero attached hydrogens (tertiary/aromatic N) is 2. The lowest BCUT2D eigenvalue weighted by atomic mass is 9.90. The minimum Gasteiger partial charge on any atom is -0.496 e. The van der Waals surface area contributed by atoms with Gasteiger partial charge in [-0.25, -0.2) is 9.79 Å². The average molecular weight is 571 g/mol. The van der Waals surface area contributed by atoms with Crippen LogP contribution in [0.3, 0.4) is 0 Å². The third-order valence-corrected chi connectivity index (χ3v) is 7.74. The van der Waals surface area contributed by atoms with E-state index in [1.807, 2.05) is 43.3 Å². The normalized spacial score (nSPS) is 14.9. The lowest BCUT2D eigenvalue weighted by Crippen LogP contribution is -2.40. The number of benzene rings is 3. The summed E-state index contributed by atoms with van der Waals surface area (Å²) in [7, 11) is 1.58. The van der Waals surface area contributed by atoms with Crippen molar-refractivity contribution in [2.24, 2.45) is 4.99 Å². The molecule has 0 saturated heterocycles. The molecule has 0 bridgehead atoms. The highest BCUT2D eigenvalue weighted by molar-refractivity contribution is 7.07. The molecule has 0 spiro atoms. The van der Waals surface area contributed by atoms with Crippen LogP contribution in [0, 0.1) is 0 Å². The number of carbonyl (C=O) groups is 2. The predicted octanol–water partition coefficient (Wildman–Crippen LogP) is 4.67. The Morgan fingerprint density at radius 2 is 1.80 bits per heavy atom. The van der Waals surface area contributed by atoms with E-state index < -0.39 is 18.0 Å². The second-order valence-corrected chi connectivity index (χ2v) is 10.5. The molecule has 1 aliphatic heterocycles. The molecule has 1 aliphatic rings. The van der Waals surface area contributed by atoms with Crippen molar-refractivity contribution in [1.29, 1.82) is 0 Å². The summed E-state index contributed by atoms with van der Waals surface area (Å²) in [6, 6.07) is 17.7. The number of aromatic nitrogens is 1. The monoisotopic (exact) mass is 570 g/mol. The van der Waals surface area contributed by atoms with Crippen LogP contribution >= 0.6 is 11.3 Å². The molecule has 0 radical (unpaired) electrons. The van der Waals surface area contributed by atoms with Crippen LogP contribution in [0.5, 0.6) is 11.5 Å².